The topological polar surface area (TPSA) is 3.24 Å². The molecule has 1 nitrogen and oxygen atoms in total. The van der Waals surface area contributed by atoms with E-state index in [1.165, 1.54) is 6.42 Å². The Hall–Kier alpha value is -1.05. The molecule has 1 aromatic carbocycles. The van der Waals surface area contributed by atoms with Gasteiger partial charge in [0.05, 0.1) is 0 Å². The van der Waals surface area contributed by atoms with Gasteiger partial charge in [0.25, 0.3) is 0 Å². The molecule has 0 amide bonds. The molecule has 0 aliphatic carbocycles. The Morgan fingerprint density at radius 1 is 1.36 bits per heavy atom. The Kier molecular flexibility index (Phi) is 2.44. The van der Waals surface area contributed by atoms with E-state index in [0.29, 0.717) is 0 Å². The number of nitrogens with zero attached hydrogens (tertiary/aromatic N) is 1. The van der Waals surface area contributed by atoms with Crippen LogP contribution in [-0.4, -0.2) is 13.1 Å². The van der Waals surface area contributed by atoms with Gasteiger partial charge >= 0.3 is 0 Å². The first-order valence-corrected chi connectivity index (χ1v) is 5.17. The first-order valence-electron chi connectivity index (χ1n) is 5.17. The van der Waals surface area contributed by atoms with E-state index in [9.17, 15) is 4.39 Å². The largest absolute Gasteiger partial charge is 0.371 e. The summed E-state index contributed by atoms with van der Waals surface area (Å²) in [7, 11) is 0. The lowest BCUT2D eigenvalue weighted by atomic mass is 10.2. The standard InChI is InChI=1S/C12H16FN/c1-9-3-4-14(8-9)12-6-10(2)5-11(13)7-12/h5-7,9H,3-4,8H2,1-2H3. The van der Waals surface area contributed by atoms with Crippen LogP contribution in [0.25, 0.3) is 0 Å². The minimum absolute atomic E-state index is 0.125. The van der Waals surface area contributed by atoms with E-state index in [1.54, 1.807) is 12.1 Å². The lowest BCUT2D eigenvalue weighted by Crippen LogP contribution is -2.19. The Balaban J connectivity index is 2.23. The molecule has 14 heavy (non-hydrogen) atoms. The second-order valence-corrected chi connectivity index (χ2v) is 4.33. The normalized spacial score (nSPS) is 21.6. The quantitative estimate of drug-likeness (QED) is 0.662. The summed E-state index contributed by atoms with van der Waals surface area (Å²) >= 11 is 0. The summed E-state index contributed by atoms with van der Waals surface area (Å²) in [4.78, 5) is 2.26. The fraction of sp³-hybridized carbons (Fsp3) is 0.500. The molecule has 2 heteroatoms. The first-order chi connectivity index (χ1) is 6.65. The van der Waals surface area contributed by atoms with E-state index in [-0.39, 0.29) is 5.82 Å². The van der Waals surface area contributed by atoms with Crippen molar-refractivity contribution in [3.8, 4) is 0 Å². The molecule has 1 saturated heterocycles. The molecule has 2 rings (SSSR count). The van der Waals surface area contributed by atoms with Gasteiger partial charge in [-0.15, -0.1) is 0 Å². The smallest absolute Gasteiger partial charge is 0.125 e. The molecule has 1 aromatic rings. The van der Waals surface area contributed by atoms with Crippen LogP contribution in [0.4, 0.5) is 10.1 Å². The lowest BCUT2D eigenvalue weighted by molar-refractivity contribution is 0.625. The minimum atomic E-state index is -0.125. The Morgan fingerprint density at radius 3 is 2.71 bits per heavy atom. The molecule has 1 atom stereocenters. The minimum Gasteiger partial charge on any atom is -0.371 e. The average Bonchev–Trinajstić information content (AvgIpc) is 2.50. The van der Waals surface area contributed by atoms with E-state index in [1.807, 2.05) is 6.92 Å². The van der Waals surface area contributed by atoms with Crippen molar-refractivity contribution < 1.29 is 4.39 Å². The highest BCUT2D eigenvalue weighted by Crippen LogP contribution is 2.24. The Morgan fingerprint density at radius 2 is 2.14 bits per heavy atom. The van der Waals surface area contributed by atoms with Crippen LogP contribution in [0, 0.1) is 18.7 Å². The average molecular weight is 193 g/mol. The summed E-state index contributed by atoms with van der Waals surface area (Å²) in [6.07, 6.45) is 1.22. The van der Waals surface area contributed by atoms with Crippen molar-refractivity contribution in [3.63, 3.8) is 0 Å². The highest BCUT2D eigenvalue weighted by molar-refractivity contribution is 5.49. The molecule has 0 radical (unpaired) electrons. The molecular weight excluding hydrogens is 177 g/mol. The van der Waals surface area contributed by atoms with Crippen LogP contribution in [0.1, 0.15) is 18.9 Å². The highest BCUT2D eigenvalue weighted by atomic mass is 19.1. The molecule has 0 saturated carbocycles. The van der Waals surface area contributed by atoms with Crippen LogP contribution in [0.5, 0.6) is 0 Å². The fourth-order valence-corrected chi connectivity index (χ4v) is 2.07. The van der Waals surface area contributed by atoms with Crippen molar-refractivity contribution in [2.24, 2.45) is 5.92 Å². The van der Waals surface area contributed by atoms with Crippen molar-refractivity contribution in [2.45, 2.75) is 20.3 Å². The molecule has 1 aliphatic rings. The number of halogens is 1. The van der Waals surface area contributed by atoms with Gasteiger partial charge in [0.2, 0.25) is 0 Å². The monoisotopic (exact) mass is 193 g/mol. The van der Waals surface area contributed by atoms with Crippen LogP contribution >= 0.6 is 0 Å². The molecule has 0 N–H and O–H groups in total. The van der Waals surface area contributed by atoms with Crippen LogP contribution in [0.15, 0.2) is 18.2 Å². The predicted molar refractivity (Wildman–Crippen MR) is 57.1 cm³/mol. The van der Waals surface area contributed by atoms with E-state index in [2.05, 4.69) is 17.9 Å². The maximum Gasteiger partial charge on any atom is 0.125 e. The third-order valence-corrected chi connectivity index (χ3v) is 2.82. The van der Waals surface area contributed by atoms with Gasteiger partial charge in [0.1, 0.15) is 5.82 Å². The second kappa shape index (κ2) is 3.60. The molecule has 1 fully saturated rings. The van der Waals surface area contributed by atoms with E-state index in [4.69, 9.17) is 0 Å². The zero-order valence-electron chi connectivity index (χ0n) is 8.76. The van der Waals surface area contributed by atoms with Crippen LogP contribution in [-0.2, 0) is 0 Å². The molecule has 0 spiro atoms. The maximum absolute atomic E-state index is 13.2. The van der Waals surface area contributed by atoms with Gasteiger partial charge in [0, 0.05) is 18.8 Å². The Labute approximate surface area is 84.5 Å². The third-order valence-electron chi connectivity index (χ3n) is 2.82. The number of benzene rings is 1. The molecule has 1 aliphatic heterocycles. The molecule has 0 aromatic heterocycles. The summed E-state index contributed by atoms with van der Waals surface area (Å²) in [5.41, 5.74) is 2.03. The van der Waals surface area contributed by atoms with E-state index >= 15 is 0 Å². The second-order valence-electron chi connectivity index (χ2n) is 4.33. The first kappa shape index (κ1) is 9.50. The van der Waals surface area contributed by atoms with Gasteiger partial charge < -0.3 is 4.90 Å². The van der Waals surface area contributed by atoms with Crippen molar-refractivity contribution in [2.75, 3.05) is 18.0 Å². The predicted octanol–water partition coefficient (Wildman–Crippen LogP) is 2.98. The Bertz CT molecular complexity index is 315. The van der Waals surface area contributed by atoms with Gasteiger partial charge in [-0.2, -0.15) is 0 Å². The number of hydrogen-bond acceptors (Lipinski definition) is 1. The number of hydrogen-bond donors (Lipinski definition) is 0. The molecule has 1 unspecified atom stereocenters. The lowest BCUT2D eigenvalue weighted by Gasteiger charge is -2.18. The van der Waals surface area contributed by atoms with Gasteiger partial charge in [0.15, 0.2) is 0 Å². The molecule has 76 valence electrons. The van der Waals surface area contributed by atoms with Crippen LogP contribution in [0.2, 0.25) is 0 Å². The van der Waals surface area contributed by atoms with Crippen molar-refractivity contribution >= 4 is 5.69 Å². The van der Waals surface area contributed by atoms with Crippen molar-refractivity contribution in [1.82, 2.24) is 0 Å². The molecular formula is C12H16FN. The highest BCUT2D eigenvalue weighted by Gasteiger charge is 2.19. The summed E-state index contributed by atoms with van der Waals surface area (Å²) in [5.74, 6) is 0.609. The number of anilines is 1. The van der Waals surface area contributed by atoms with Crippen LogP contribution in [0.3, 0.4) is 0 Å². The van der Waals surface area contributed by atoms with Gasteiger partial charge in [-0.25, -0.2) is 4.39 Å². The van der Waals surface area contributed by atoms with Crippen molar-refractivity contribution in [3.05, 3.63) is 29.6 Å². The maximum atomic E-state index is 13.2. The van der Waals surface area contributed by atoms with Crippen LogP contribution < -0.4 is 4.90 Å². The van der Waals surface area contributed by atoms with Crippen molar-refractivity contribution in [1.29, 1.82) is 0 Å². The third kappa shape index (κ3) is 1.89. The zero-order chi connectivity index (χ0) is 10.1. The fourth-order valence-electron chi connectivity index (χ4n) is 2.07. The van der Waals surface area contributed by atoms with E-state index in [0.717, 1.165) is 30.3 Å². The summed E-state index contributed by atoms with van der Waals surface area (Å²) in [5, 5.41) is 0. The molecule has 1 heterocycles. The zero-order valence-corrected chi connectivity index (χ0v) is 8.76. The SMILES string of the molecule is Cc1cc(F)cc(N2CCC(C)C2)c1. The number of rotatable bonds is 1. The number of aryl methyl sites for hydroxylation is 1. The van der Waals surface area contributed by atoms with Gasteiger partial charge in [-0.1, -0.05) is 6.92 Å². The molecule has 0 bridgehead atoms. The van der Waals surface area contributed by atoms with E-state index < -0.39 is 0 Å². The summed E-state index contributed by atoms with van der Waals surface area (Å²) in [6.45, 7) is 6.30. The summed E-state index contributed by atoms with van der Waals surface area (Å²) in [6, 6.07) is 5.26. The van der Waals surface area contributed by atoms with Gasteiger partial charge in [-0.05, 0) is 43.0 Å². The van der Waals surface area contributed by atoms with Gasteiger partial charge in [-0.3, -0.25) is 0 Å². The summed E-state index contributed by atoms with van der Waals surface area (Å²) < 4.78 is 13.2.